The van der Waals surface area contributed by atoms with Crippen LogP contribution in [0, 0.1) is 5.92 Å². The summed E-state index contributed by atoms with van der Waals surface area (Å²) in [6, 6.07) is 8.03. The molecule has 0 aliphatic heterocycles. The molecule has 31 heavy (non-hydrogen) atoms. The highest BCUT2D eigenvalue weighted by molar-refractivity contribution is 7.89. The Balaban J connectivity index is 1.98. The van der Waals surface area contributed by atoms with Crippen LogP contribution in [0.1, 0.15) is 25.2 Å². The fraction of sp³-hybridized carbons (Fsp3) is 0.250. The first-order valence-electron chi connectivity index (χ1n) is 9.19. The van der Waals surface area contributed by atoms with Crippen molar-refractivity contribution in [3.8, 4) is 0 Å². The maximum absolute atomic E-state index is 12.3. The lowest BCUT2D eigenvalue weighted by Gasteiger charge is -2.18. The Morgan fingerprint density at radius 3 is 2.39 bits per heavy atom. The lowest BCUT2D eigenvalue weighted by atomic mass is 10.1. The number of hydrogen-bond donors (Lipinski definition) is 3. The van der Waals surface area contributed by atoms with Gasteiger partial charge in [-0.15, -0.1) is 0 Å². The molecule has 0 aliphatic rings. The summed E-state index contributed by atoms with van der Waals surface area (Å²) in [6.07, 6.45) is 2.74. The standard InChI is InChI=1S/C20H23N3O7S/c1-13(2)18(19(25)23-20(21)26)30-17(24)10-7-14-5-8-16(9-6-14)31(27,28)22-12-15-4-3-11-29-15/h3-11,13,18,22H,12H2,1-2H3,(H3,21,23,25,26)/b10-7+. The van der Waals surface area contributed by atoms with Gasteiger partial charge in [-0.1, -0.05) is 26.0 Å². The molecule has 2 aromatic rings. The topological polar surface area (TPSA) is 158 Å². The summed E-state index contributed by atoms with van der Waals surface area (Å²) in [5.74, 6) is -1.54. The van der Waals surface area contributed by atoms with Crippen LogP contribution in [0.3, 0.4) is 0 Å². The van der Waals surface area contributed by atoms with Crippen LogP contribution in [-0.2, 0) is 30.9 Å². The molecule has 1 aromatic heterocycles. The molecule has 0 aliphatic carbocycles. The van der Waals surface area contributed by atoms with Gasteiger partial charge in [0.1, 0.15) is 5.76 Å². The van der Waals surface area contributed by atoms with Crippen LogP contribution in [0.5, 0.6) is 0 Å². The molecule has 2 rings (SSSR count). The second-order valence-electron chi connectivity index (χ2n) is 6.76. The third kappa shape index (κ3) is 7.39. The van der Waals surface area contributed by atoms with Crippen molar-refractivity contribution in [2.24, 2.45) is 11.7 Å². The largest absolute Gasteiger partial charge is 0.468 e. The van der Waals surface area contributed by atoms with Crippen LogP contribution in [0.4, 0.5) is 4.79 Å². The van der Waals surface area contributed by atoms with E-state index in [0.717, 1.165) is 6.08 Å². The van der Waals surface area contributed by atoms with Crippen molar-refractivity contribution in [3.05, 3.63) is 60.1 Å². The van der Waals surface area contributed by atoms with Crippen molar-refractivity contribution in [3.63, 3.8) is 0 Å². The minimum atomic E-state index is -3.74. The normalized spacial score (nSPS) is 12.6. The van der Waals surface area contributed by atoms with E-state index in [9.17, 15) is 22.8 Å². The Morgan fingerprint density at radius 1 is 1.16 bits per heavy atom. The first-order chi connectivity index (χ1) is 14.6. The predicted octanol–water partition coefficient (Wildman–Crippen LogP) is 1.53. The van der Waals surface area contributed by atoms with Gasteiger partial charge in [0.15, 0.2) is 6.10 Å². The highest BCUT2D eigenvalue weighted by Gasteiger charge is 2.26. The van der Waals surface area contributed by atoms with Crippen molar-refractivity contribution in [2.45, 2.75) is 31.4 Å². The van der Waals surface area contributed by atoms with Gasteiger partial charge in [0.2, 0.25) is 10.0 Å². The fourth-order valence-electron chi connectivity index (χ4n) is 2.43. The Hall–Kier alpha value is -3.44. The molecule has 0 fully saturated rings. The molecule has 1 atom stereocenters. The number of nitrogens with two attached hydrogens (primary N) is 1. The number of carbonyl (C=O) groups is 3. The number of primary amides is 1. The van der Waals surface area contributed by atoms with E-state index >= 15 is 0 Å². The van der Waals surface area contributed by atoms with Crippen molar-refractivity contribution in [2.75, 3.05) is 0 Å². The van der Waals surface area contributed by atoms with Gasteiger partial charge in [-0.05, 0) is 41.8 Å². The zero-order chi connectivity index (χ0) is 23.0. The number of hydrogen-bond acceptors (Lipinski definition) is 7. The molecule has 166 valence electrons. The second kappa shape index (κ2) is 10.5. The van der Waals surface area contributed by atoms with Gasteiger partial charge in [0.05, 0.1) is 17.7 Å². The number of benzene rings is 1. The average Bonchev–Trinajstić information content (AvgIpc) is 3.22. The molecule has 0 spiro atoms. The van der Waals surface area contributed by atoms with E-state index in [2.05, 4.69) is 4.72 Å². The van der Waals surface area contributed by atoms with Gasteiger partial charge >= 0.3 is 12.0 Å². The Labute approximate surface area is 179 Å². The Bertz CT molecular complexity index is 1040. The number of urea groups is 1. The zero-order valence-corrected chi connectivity index (χ0v) is 17.7. The van der Waals surface area contributed by atoms with Crippen LogP contribution in [0.2, 0.25) is 0 Å². The number of sulfonamides is 1. The van der Waals surface area contributed by atoms with Crippen molar-refractivity contribution in [1.82, 2.24) is 10.0 Å². The molecule has 1 unspecified atom stereocenters. The smallest absolute Gasteiger partial charge is 0.331 e. The minimum Gasteiger partial charge on any atom is -0.468 e. The molecule has 10 nitrogen and oxygen atoms in total. The van der Waals surface area contributed by atoms with Gasteiger partial charge in [0, 0.05) is 6.08 Å². The lowest BCUT2D eigenvalue weighted by molar-refractivity contribution is -0.153. The number of nitrogens with one attached hydrogen (secondary N) is 2. The quantitative estimate of drug-likeness (QED) is 0.387. The van der Waals surface area contributed by atoms with Gasteiger partial charge in [-0.2, -0.15) is 0 Å². The van der Waals surface area contributed by atoms with E-state index in [1.54, 1.807) is 26.0 Å². The van der Waals surface area contributed by atoms with Crippen LogP contribution >= 0.6 is 0 Å². The lowest BCUT2D eigenvalue weighted by Crippen LogP contribution is -2.45. The molecule has 0 bridgehead atoms. The minimum absolute atomic E-state index is 0.0170. The van der Waals surface area contributed by atoms with Gasteiger partial charge in [-0.3, -0.25) is 10.1 Å². The summed E-state index contributed by atoms with van der Waals surface area (Å²) in [4.78, 5) is 34.8. The fourth-order valence-corrected chi connectivity index (χ4v) is 3.43. The van der Waals surface area contributed by atoms with Crippen molar-refractivity contribution in [1.29, 1.82) is 0 Å². The van der Waals surface area contributed by atoms with Crippen LogP contribution in [0.15, 0.2) is 58.1 Å². The number of esters is 1. The number of carbonyl (C=O) groups excluding carboxylic acids is 3. The average molecular weight is 449 g/mol. The number of imide groups is 1. The zero-order valence-electron chi connectivity index (χ0n) is 16.9. The number of rotatable bonds is 9. The molecular weight excluding hydrogens is 426 g/mol. The monoisotopic (exact) mass is 449 g/mol. The highest BCUT2D eigenvalue weighted by atomic mass is 32.2. The number of amides is 3. The number of furan rings is 1. The summed E-state index contributed by atoms with van der Waals surface area (Å²) >= 11 is 0. The summed E-state index contributed by atoms with van der Waals surface area (Å²) in [7, 11) is -3.74. The second-order valence-corrected chi connectivity index (χ2v) is 8.53. The molecule has 11 heteroatoms. The van der Waals surface area contributed by atoms with Gasteiger partial charge < -0.3 is 14.9 Å². The van der Waals surface area contributed by atoms with E-state index < -0.39 is 40.0 Å². The molecule has 4 N–H and O–H groups in total. The summed E-state index contributed by atoms with van der Waals surface area (Å²) < 4.78 is 37.2. The van der Waals surface area contributed by atoms with E-state index in [1.165, 1.54) is 36.6 Å². The maximum atomic E-state index is 12.3. The highest BCUT2D eigenvalue weighted by Crippen LogP contribution is 2.13. The summed E-state index contributed by atoms with van der Waals surface area (Å²) in [5, 5.41) is 1.87. The van der Waals surface area contributed by atoms with Crippen LogP contribution in [-0.4, -0.2) is 32.4 Å². The van der Waals surface area contributed by atoms with Crippen molar-refractivity contribution >= 4 is 34.0 Å². The molecule has 0 radical (unpaired) electrons. The third-order valence-electron chi connectivity index (χ3n) is 3.97. The SMILES string of the molecule is CC(C)C(OC(=O)/C=C/c1ccc(S(=O)(=O)NCc2ccco2)cc1)C(=O)NC(N)=O. The van der Waals surface area contributed by atoms with E-state index in [4.69, 9.17) is 14.9 Å². The van der Waals surface area contributed by atoms with E-state index in [-0.39, 0.29) is 11.4 Å². The van der Waals surface area contributed by atoms with Gasteiger partial charge in [-0.25, -0.2) is 22.7 Å². The van der Waals surface area contributed by atoms with Gasteiger partial charge in [0.25, 0.3) is 5.91 Å². The molecule has 1 heterocycles. The molecule has 3 amide bonds. The first kappa shape index (κ1) is 23.8. The van der Waals surface area contributed by atoms with Crippen LogP contribution in [0.25, 0.3) is 6.08 Å². The predicted molar refractivity (Wildman–Crippen MR) is 111 cm³/mol. The third-order valence-corrected chi connectivity index (χ3v) is 5.39. The molecule has 0 saturated heterocycles. The molecule has 0 saturated carbocycles. The first-order valence-corrected chi connectivity index (χ1v) is 10.7. The van der Waals surface area contributed by atoms with E-state index in [0.29, 0.717) is 11.3 Å². The molecular formula is C20H23N3O7S. The number of ether oxygens (including phenoxy) is 1. The van der Waals surface area contributed by atoms with E-state index in [1.807, 2.05) is 5.32 Å². The van der Waals surface area contributed by atoms with Crippen molar-refractivity contribution < 1.29 is 32.0 Å². The summed E-state index contributed by atoms with van der Waals surface area (Å²) in [5.41, 5.74) is 5.44. The van der Waals surface area contributed by atoms with Crippen LogP contribution < -0.4 is 15.8 Å². The maximum Gasteiger partial charge on any atom is 0.331 e. The Kier molecular flexibility index (Phi) is 8.11. The summed E-state index contributed by atoms with van der Waals surface area (Å²) in [6.45, 7) is 3.30. The molecule has 1 aromatic carbocycles. The Morgan fingerprint density at radius 2 is 1.84 bits per heavy atom.